The SMILES string of the molecule is CC(C)NP(=O)(O)SCC(=O)N(C)CC1OCCO1. The van der Waals surface area contributed by atoms with Crippen molar-refractivity contribution in [3.63, 3.8) is 0 Å². The van der Waals surface area contributed by atoms with Crippen LogP contribution in [0.25, 0.3) is 0 Å². The lowest BCUT2D eigenvalue weighted by atomic mass is 10.4. The number of hydrogen-bond acceptors (Lipinski definition) is 5. The monoisotopic (exact) mass is 312 g/mol. The van der Waals surface area contributed by atoms with E-state index in [0.717, 1.165) is 11.4 Å². The number of rotatable bonds is 7. The Morgan fingerprint density at radius 2 is 2.11 bits per heavy atom. The highest BCUT2D eigenvalue weighted by atomic mass is 32.7. The highest BCUT2D eigenvalue weighted by molar-refractivity contribution is 8.56. The highest BCUT2D eigenvalue weighted by Crippen LogP contribution is 2.50. The summed E-state index contributed by atoms with van der Waals surface area (Å²) in [4.78, 5) is 22.8. The summed E-state index contributed by atoms with van der Waals surface area (Å²) in [5.74, 6) is -0.291. The normalized spacial score (nSPS) is 19.6. The summed E-state index contributed by atoms with van der Waals surface area (Å²) in [6, 6.07) is -0.114. The Kier molecular flexibility index (Phi) is 6.79. The molecule has 1 rings (SSSR count). The zero-order valence-electron chi connectivity index (χ0n) is 11.4. The summed E-state index contributed by atoms with van der Waals surface area (Å²) in [5.41, 5.74) is 0. The Morgan fingerprint density at radius 1 is 1.53 bits per heavy atom. The lowest BCUT2D eigenvalue weighted by Gasteiger charge is -2.21. The molecule has 0 aromatic heterocycles. The standard InChI is InChI=1S/C10H21N2O5PS/c1-8(2)11-18(14,15)19-7-9(13)12(3)6-10-16-4-5-17-10/h8,10H,4-7H2,1-3H3,(H2,11,14,15). The summed E-state index contributed by atoms with van der Waals surface area (Å²) >= 11 is 0.729. The first-order valence-electron chi connectivity index (χ1n) is 6.02. The molecular formula is C10H21N2O5PS. The second-order valence-electron chi connectivity index (χ2n) is 4.52. The van der Waals surface area contributed by atoms with E-state index in [0.29, 0.717) is 19.8 Å². The lowest BCUT2D eigenvalue weighted by Crippen LogP contribution is -2.36. The average Bonchev–Trinajstić information content (AvgIpc) is 2.76. The van der Waals surface area contributed by atoms with Crippen molar-refractivity contribution < 1.29 is 23.7 Å². The fourth-order valence-corrected chi connectivity index (χ4v) is 4.40. The quantitative estimate of drug-likeness (QED) is 0.667. The topological polar surface area (TPSA) is 88.1 Å². The van der Waals surface area contributed by atoms with Gasteiger partial charge in [-0.1, -0.05) is 0 Å². The van der Waals surface area contributed by atoms with Crippen LogP contribution in [0.15, 0.2) is 0 Å². The molecule has 0 spiro atoms. The Morgan fingerprint density at radius 3 is 2.63 bits per heavy atom. The van der Waals surface area contributed by atoms with Crippen LogP contribution >= 0.6 is 18.1 Å². The average molecular weight is 312 g/mol. The first-order valence-corrected chi connectivity index (χ1v) is 9.27. The molecule has 1 aliphatic heterocycles. The molecule has 1 fully saturated rings. The Labute approximate surface area is 117 Å². The Balaban J connectivity index is 2.31. The van der Waals surface area contributed by atoms with Gasteiger partial charge in [-0.2, -0.15) is 0 Å². The molecule has 0 aromatic carbocycles. The maximum Gasteiger partial charge on any atom is 0.324 e. The molecule has 112 valence electrons. The molecule has 1 atom stereocenters. The first kappa shape index (κ1) is 16.9. The molecule has 0 saturated carbocycles. The second-order valence-corrected chi connectivity index (χ2v) is 8.63. The van der Waals surface area contributed by atoms with Crippen molar-refractivity contribution in [2.24, 2.45) is 0 Å². The minimum Gasteiger partial charge on any atom is -0.348 e. The van der Waals surface area contributed by atoms with Crippen molar-refractivity contribution in [2.45, 2.75) is 26.2 Å². The highest BCUT2D eigenvalue weighted by Gasteiger charge is 2.25. The van der Waals surface area contributed by atoms with E-state index >= 15 is 0 Å². The summed E-state index contributed by atoms with van der Waals surface area (Å²) in [7, 11) is 1.62. The maximum atomic E-state index is 11.8. The smallest absolute Gasteiger partial charge is 0.324 e. The summed E-state index contributed by atoms with van der Waals surface area (Å²) < 4.78 is 22.1. The van der Waals surface area contributed by atoms with Gasteiger partial charge >= 0.3 is 6.72 Å². The van der Waals surface area contributed by atoms with Crippen molar-refractivity contribution in [3.05, 3.63) is 0 Å². The molecule has 7 nitrogen and oxygen atoms in total. The van der Waals surface area contributed by atoms with Crippen LogP contribution in [-0.4, -0.2) is 60.6 Å². The number of hydrogen-bond donors (Lipinski definition) is 2. The largest absolute Gasteiger partial charge is 0.348 e. The van der Waals surface area contributed by atoms with Gasteiger partial charge in [0.05, 0.1) is 25.5 Å². The van der Waals surface area contributed by atoms with Gasteiger partial charge in [-0.15, -0.1) is 0 Å². The lowest BCUT2D eigenvalue weighted by molar-refractivity contribution is -0.132. The number of likely N-dealkylation sites (N-methyl/N-ethyl adjacent to an activating group) is 1. The van der Waals surface area contributed by atoms with E-state index < -0.39 is 13.0 Å². The zero-order chi connectivity index (χ0) is 14.5. The van der Waals surface area contributed by atoms with Gasteiger partial charge in [0.25, 0.3) is 0 Å². The van der Waals surface area contributed by atoms with Crippen LogP contribution in [-0.2, 0) is 18.8 Å². The fraction of sp³-hybridized carbons (Fsp3) is 0.900. The van der Waals surface area contributed by atoms with Gasteiger partial charge in [0.15, 0.2) is 6.29 Å². The van der Waals surface area contributed by atoms with Gasteiger partial charge in [-0.3, -0.25) is 9.36 Å². The van der Waals surface area contributed by atoms with Gasteiger partial charge in [0, 0.05) is 13.1 Å². The molecule has 1 aliphatic rings. The van der Waals surface area contributed by atoms with Crippen LogP contribution in [0.2, 0.25) is 0 Å². The van der Waals surface area contributed by atoms with E-state index in [1.807, 2.05) is 0 Å². The molecule has 0 aliphatic carbocycles. The number of carbonyl (C=O) groups excluding carboxylic acids is 1. The zero-order valence-corrected chi connectivity index (χ0v) is 13.1. The Hall–Kier alpha value is -0.110. The number of nitrogens with one attached hydrogen (secondary N) is 1. The summed E-state index contributed by atoms with van der Waals surface area (Å²) in [6.45, 7) is 1.41. The van der Waals surface area contributed by atoms with E-state index in [1.165, 1.54) is 4.90 Å². The summed E-state index contributed by atoms with van der Waals surface area (Å²) in [5, 5.41) is 2.54. The minimum absolute atomic E-state index is 0.0588. The number of ether oxygens (including phenoxy) is 2. The molecule has 0 radical (unpaired) electrons. The molecule has 1 unspecified atom stereocenters. The number of amides is 1. The summed E-state index contributed by atoms with van der Waals surface area (Å²) in [6.07, 6.45) is -0.395. The van der Waals surface area contributed by atoms with Crippen LogP contribution in [0, 0.1) is 0 Å². The van der Waals surface area contributed by atoms with Gasteiger partial charge in [0.2, 0.25) is 5.91 Å². The third kappa shape index (κ3) is 6.74. The molecule has 0 aromatic rings. The molecular weight excluding hydrogens is 291 g/mol. The van der Waals surface area contributed by atoms with Gasteiger partial charge in [0.1, 0.15) is 0 Å². The van der Waals surface area contributed by atoms with Crippen LogP contribution in [0.5, 0.6) is 0 Å². The van der Waals surface area contributed by atoms with E-state index in [4.69, 9.17) is 9.47 Å². The van der Waals surface area contributed by atoms with Crippen LogP contribution < -0.4 is 5.09 Å². The second kappa shape index (κ2) is 7.61. The van der Waals surface area contributed by atoms with Crippen molar-refractivity contribution in [1.29, 1.82) is 0 Å². The number of nitrogens with zero attached hydrogens (tertiary/aromatic N) is 1. The van der Waals surface area contributed by atoms with Crippen molar-refractivity contribution in [3.8, 4) is 0 Å². The van der Waals surface area contributed by atoms with E-state index in [9.17, 15) is 14.3 Å². The first-order chi connectivity index (χ1) is 8.80. The predicted molar refractivity (Wildman–Crippen MR) is 73.9 cm³/mol. The van der Waals surface area contributed by atoms with Crippen molar-refractivity contribution in [1.82, 2.24) is 9.99 Å². The molecule has 1 amide bonds. The van der Waals surface area contributed by atoms with Crippen molar-refractivity contribution in [2.75, 3.05) is 32.6 Å². The third-order valence-electron chi connectivity index (χ3n) is 2.32. The maximum absolute atomic E-state index is 11.8. The fourth-order valence-electron chi connectivity index (χ4n) is 1.45. The van der Waals surface area contributed by atoms with E-state index in [1.54, 1.807) is 20.9 Å². The van der Waals surface area contributed by atoms with Crippen LogP contribution in [0.1, 0.15) is 13.8 Å². The predicted octanol–water partition coefficient (Wildman–Crippen LogP) is 0.649. The van der Waals surface area contributed by atoms with E-state index in [2.05, 4.69) is 5.09 Å². The van der Waals surface area contributed by atoms with Crippen LogP contribution in [0.3, 0.4) is 0 Å². The minimum atomic E-state index is -3.52. The molecule has 1 heterocycles. The Bertz CT molecular complexity index is 349. The molecule has 1 saturated heterocycles. The van der Waals surface area contributed by atoms with Crippen molar-refractivity contribution >= 4 is 24.0 Å². The molecule has 0 bridgehead atoms. The molecule has 2 N–H and O–H groups in total. The molecule has 19 heavy (non-hydrogen) atoms. The third-order valence-corrected chi connectivity index (χ3v) is 5.65. The van der Waals surface area contributed by atoms with Gasteiger partial charge in [-0.05, 0) is 25.2 Å². The number of carbonyl (C=O) groups is 1. The van der Waals surface area contributed by atoms with Gasteiger partial charge in [-0.25, -0.2) is 5.09 Å². The van der Waals surface area contributed by atoms with Gasteiger partial charge < -0.3 is 19.3 Å². The van der Waals surface area contributed by atoms with Crippen LogP contribution in [0.4, 0.5) is 0 Å². The molecule has 9 heteroatoms. The van der Waals surface area contributed by atoms with E-state index in [-0.39, 0.29) is 17.7 Å².